The molecule has 0 aromatic carbocycles. The number of thiophene rings is 1. The van der Waals surface area contributed by atoms with E-state index in [0.717, 1.165) is 13.0 Å². The standard InChI is InChI=1S/C18H29N3O3S2/c1-7-21(8-2)16(22)14-12(5)13(17(23)24-6)15(26-14)20-18(25)19-10-9-11(3)4/h11H,7-10H2,1-6H3,(H2,19,20,25). The van der Waals surface area contributed by atoms with E-state index in [1.54, 1.807) is 11.8 Å². The van der Waals surface area contributed by atoms with E-state index in [9.17, 15) is 9.59 Å². The maximum atomic E-state index is 12.7. The molecule has 1 rings (SSSR count). The topological polar surface area (TPSA) is 70.7 Å². The fraction of sp³-hybridized carbons (Fsp3) is 0.611. The summed E-state index contributed by atoms with van der Waals surface area (Å²) in [6, 6.07) is 0. The molecule has 0 saturated heterocycles. The van der Waals surface area contributed by atoms with Crippen LogP contribution in [0.5, 0.6) is 0 Å². The molecule has 0 bridgehead atoms. The number of anilines is 1. The number of nitrogens with one attached hydrogen (secondary N) is 2. The Labute approximate surface area is 165 Å². The lowest BCUT2D eigenvalue weighted by molar-refractivity contribution is 0.0601. The van der Waals surface area contributed by atoms with Crippen LogP contribution in [0.1, 0.15) is 59.7 Å². The number of carbonyl (C=O) groups is 2. The molecule has 146 valence electrons. The molecule has 2 N–H and O–H groups in total. The number of hydrogen-bond acceptors (Lipinski definition) is 5. The normalized spacial score (nSPS) is 10.6. The van der Waals surface area contributed by atoms with Crippen LogP contribution in [0.2, 0.25) is 0 Å². The number of esters is 1. The Balaban J connectivity index is 3.10. The second-order valence-corrected chi connectivity index (χ2v) is 7.72. The van der Waals surface area contributed by atoms with Gasteiger partial charge in [-0.05, 0) is 50.9 Å². The molecule has 1 heterocycles. The number of hydrogen-bond donors (Lipinski definition) is 2. The average Bonchev–Trinajstić information content (AvgIpc) is 2.90. The summed E-state index contributed by atoms with van der Waals surface area (Å²) in [7, 11) is 1.33. The Morgan fingerprint density at radius 2 is 1.88 bits per heavy atom. The van der Waals surface area contributed by atoms with Gasteiger partial charge in [0.25, 0.3) is 5.91 Å². The summed E-state index contributed by atoms with van der Waals surface area (Å²) in [4.78, 5) is 27.2. The Morgan fingerprint density at radius 3 is 2.38 bits per heavy atom. The van der Waals surface area contributed by atoms with Crippen molar-refractivity contribution in [3.8, 4) is 0 Å². The van der Waals surface area contributed by atoms with Crippen LogP contribution in [-0.4, -0.2) is 48.6 Å². The number of amides is 1. The smallest absolute Gasteiger partial charge is 0.341 e. The molecule has 8 heteroatoms. The number of ether oxygens (including phenoxy) is 1. The summed E-state index contributed by atoms with van der Waals surface area (Å²) >= 11 is 6.56. The zero-order chi connectivity index (χ0) is 19.9. The first-order valence-electron chi connectivity index (χ1n) is 8.82. The van der Waals surface area contributed by atoms with Gasteiger partial charge < -0.3 is 20.3 Å². The van der Waals surface area contributed by atoms with E-state index in [2.05, 4.69) is 24.5 Å². The summed E-state index contributed by atoms with van der Waals surface area (Å²) in [5.41, 5.74) is 0.979. The van der Waals surface area contributed by atoms with Gasteiger partial charge in [0.2, 0.25) is 0 Å². The molecule has 26 heavy (non-hydrogen) atoms. The summed E-state index contributed by atoms with van der Waals surface area (Å²) in [5, 5.41) is 7.15. The first-order chi connectivity index (χ1) is 12.3. The molecule has 0 fully saturated rings. The lowest BCUT2D eigenvalue weighted by Crippen LogP contribution is -2.30. The molecule has 0 aliphatic carbocycles. The SMILES string of the molecule is CCN(CC)C(=O)c1sc(NC(=S)NCCC(C)C)c(C(=O)OC)c1C. The van der Waals surface area contributed by atoms with Gasteiger partial charge in [-0.2, -0.15) is 0 Å². The van der Waals surface area contributed by atoms with Gasteiger partial charge in [0.1, 0.15) is 5.00 Å². The largest absolute Gasteiger partial charge is 0.465 e. The molecule has 6 nitrogen and oxygen atoms in total. The van der Waals surface area contributed by atoms with Crippen LogP contribution in [0, 0.1) is 12.8 Å². The van der Waals surface area contributed by atoms with Gasteiger partial charge in [-0.15, -0.1) is 11.3 Å². The minimum Gasteiger partial charge on any atom is -0.465 e. The molecule has 1 aromatic heterocycles. The highest BCUT2D eigenvalue weighted by Crippen LogP contribution is 2.34. The molecule has 0 radical (unpaired) electrons. The lowest BCUT2D eigenvalue weighted by atomic mass is 10.1. The van der Waals surface area contributed by atoms with E-state index in [1.807, 2.05) is 13.8 Å². The Morgan fingerprint density at radius 1 is 1.27 bits per heavy atom. The van der Waals surface area contributed by atoms with E-state index >= 15 is 0 Å². The summed E-state index contributed by atoms with van der Waals surface area (Å²) in [6.07, 6.45) is 0.987. The molecular formula is C18H29N3O3S2. The Kier molecular flexibility index (Phi) is 9.01. The van der Waals surface area contributed by atoms with Gasteiger partial charge in [0.05, 0.1) is 17.6 Å². The van der Waals surface area contributed by atoms with Gasteiger partial charge in [0.15, 0.2) is 5.11 Å². The minimum atomic E-state index is -0.482. The first-order valence-corrected chi connectivity index (χ1v) is 10.0. The van der Waals surface area contributed by atoms with Crippen LogP contribution in [0.3, 0.4) is 0 Å². The van der Waals surface area contributed by atoms with Crippen molar-refractivity contribution in [2.75, 3.05) is 32.1 Å². The van der Waals surface area contributed by atoms with Crippen molar-refractivity contribution in [1.82, 2.24) is 10.2 Å². The van der Waals surface area contributed by atoms with E-state index in [1.165, 1.54) is 18.4 Å². The van der Waals surface area contributed by atoms with Crippen LogP contribution >= 0.6 is 23.6 Å². The van der Waals surface area contributed by atoms with Gasteiger partial charge >= 0.3 is 5.97 Å². The third-order valence-corrected chi connectivity index (χ3v) is 5.46. The molecule has 0 spiro atoms. The third-order valence-electron chi connectivity index (χ3n) is 4.02. The van der Waals surface area contributed by atoms with Crippen molar-refractivity contribution in [2.45, 2.75) is 41.0 Å². The van der Waals surface area contributed by atoms with Crippen molar-refractivity contribution in [3.05, 3.63) is 16.0 Å². The van der Waals surface area contributed by atoms with Crippen molar-refractivity contribution < 1.29 is 14.3 Å². The van der Waals surface area contributed by atoms with E-state index < -0.39 is 5.97 Å². The predicted molar refractivity (Wildman–Crippen MR) is 111 cm³/mol. The number of thiocarbonyl (C=S) groups is 1. The Bertz CT molecular complexity index is 652. The van der Waals surface area contributed by atoms with Gasteiger partial charge in [-0.3, -0.25) is 4.79 Å². The Hall–Kier alpha value is -1.67. The molecule has 0 aliphatic heterocycles. The van der Waals surface area contributed by atoms with E-state index in [4.69, 9.17) is 17.0 Å². The highest BCUT2D eigenvalue weighted by atomic mass is 32.1. The maximum absolute atomic E-state index is 12.7. The number of methoxy groups -OCH3 is 1. The van der Waals surface area contributed by atoms with Gasteiger partial charge in [0, 0.05) is 19.6 Å². The van der Waals surface area contributed by atoms with Crippen LogP contribution in [0.15, 0.2) is 0 Å². The molecule has 0 aliphatic rings. The average molecular weight is 400 g/mol. The summed E-state index contributed by atoms with van der Waals surface area (Å²) in [6.45, 7) is 11.9. The zero-order valence-corrected chi connectivity index (χ0v) is 18.0. The lowest BCUT2D eigenvalue weighted by Gasteiger charge is -2.18. The van der Waals surface area contributed by atoms with E-state index in [-0.39, 0.29) is 5.91 Å². The summed E-state index contributed by atoms with van der Waals surface area (Å²) in [5.74, 6) is -0.00239. The molecule has 1 aromatic rings. The predicted octanol–water partition coefficient (Wildman–Crippen LogP) is 3.66. The highest BCUT2D eigenvalue weighted by Gasteiger charge is 2.27. The number of rotatable bonds is 8. The minimum absolute atomic E-state index is 0.0885. The summed E-state index contributed by atoms with van der Waals surface area (Å²) < 4.78 is 4.90. The second-order valence-electron chi connectivity index (χ2n) is 6.29. The van der Waals surface area contributed by atoms with Crippen molar-refractivity contribution in [2.24, 2.45) is 5.92 Å². The molecule has 0 atom stereocenters. The molecule has 0 saturated carbocycles. The second kappa shape index (κ2) is 10.5. The quantitative estimate of drug-likeness (QED) is 0.514. The van der Waals surface area contributed by atoms with Crippen LogP contribution < -0.4 is 10.6 Å². The van der Waals surface area contributed by atoms with Gasteiger partial charge in [-0.1, -0.05) is 13.8 Å². The zero-order valence-electron chi connectivity index (χ0n) is 16.4. The third kappa shape index (κ3) is 5.67. The molecule has 0 unspecified atom stereocenters. The highest BCUT2D eigenvalue weighted by molar-refractivity contribution is 7.80. The maximum Gasteiger partial charge on any atom is 0.341 e. The molecule has 1 amide bonds. The fourth-order valence-electron chi connectivity index (χ4n) is 2.43. The van der Waals surface area contributed by atoms with Gasteiger partial charge in [-0.25, -0.2) is 4.79 Å². The van der Waals surface area contributed by atoms with Crippen molar-refractivity contribution >= 4 is 45.5 Å². The molecular weight excluding hydrogens is 370 g/mol. The fourth-order valence-corrected chi connectivity index (χ4v) is 3.87. The van der Waals surface area contributed by atoms with E-state index in [0.29, 0.717) is 45.1 Å². The van der Waals surface area contributed by atoms with Crippen LogP contribution in [0.25, 0.3) is 0 Å². The number of nitrogens with zero attached hydrogens (tertiary/aromatic N) is 1. The van der Waals surface area contributed by atoms with Crippen LogP contribution in [0.4, 0.5) is 5.00 Å². The number of carbonyl (C=O) groups excluding carboxylic acids is 2. The van der Waals surface area contributed by atoms with Crippen LogP contribution in [-0.2, 0) is 4.74 Å². The van der Waals surface area contributed by atoms with Crippen molar-refractivity contribution in [3.63, 3.8) is 0 Å². The first kappa shape index (κ1) is 22.4. The monoisotopic (exact) mass is 399 g/mol. The van der Waals surface area contributed by atoms with Crippen molar-refractivity contribution in [1.29, 1.82) is 0 Å².